The molecule has 0 radical (unpaired) electrons. The Morgan fingerprint density at radius 1 is 1.08 bits per heavy atom. The van der Waals surface area contributed by atoms with Gasteiger partial charge in [0.25, 0.3) is 0 Å². The lowest BCUT2D eigenvalue weighted by Crippen LogP contribution is -2.32. The maximum atomic E-state index is 5.78. The Hall–Kier alpha value is -1.48. The van der Waals surface area contributed by atoms with E-state index in [4.69, 9.17) is 9.47 Å². The molecule has 1 atom stereocenters. The van der Waals surface area contributed by atoms with Gasteiger partial charge in [0.2, 0.25) is 0 Å². The van der Waals surface area contributed by atoms with Crippen molar-refractivity contribution >= 4 is 33.4 Å². The molecule has 3 heterocycles. The number of fused-ring (bicyclic) bond motifs is 1. The Morgan fingerprint density at radius 2 is 1.88 bits per heavy atom. The summed E-state index contributed by atoms with van der Waals surface area (Å²) in [6.07, 6.45) is 2.70. The quantitative estimate of drug-likeness (QED) is 0.590. The maximum absolute atomic E-state index is 5.78. The molecule has 2 saturated heterocycles. The fourth-order valence-electron chi connectivity index (χ4n) is 3.69. The molecule has 6 heteroatoms. The van der Waals surface area contributed by atoms with Crippen molar-refractivity contribution in [3.8, 4) is 11.3 Å². The number of nitrogens with zero attached hydrogens (tertiary/aromatic N) is 1. The lowest BCUT2D eigenvalue weighted by molar-refractivity contribution is -0.141. The Bertz CT molecular complexity index is 933. The number of hydrogen-bond acceptors (Lipinski definition) is 4. The summed E-state index contributed by atoms with van der Waals surface area (Å²) in [5.41, 5.74) is 2.18. The molecule has 2 fully saturated rings. The molecule has 2 aliphatic heterocycles. The first kappa shape index (κ1) is 15.7. The monoisotopic (exact) mass is 447 g/mol. The molecule has 3 aromatic rings. The minimum absolute atomic E-state index is 0.133. The van der Waals surface area contributed by atoms with Gasteiger partial charge in [-0.15, -0.1) is 0 Å². The van der Waals surface area contributed by atoms with Crippen LogP contribution in [0.2, 0.25) is 0 Å². The number of imidazole rings is 1. The van der Waals surface area contributed by atoms with Crippen LogP contribution in [0.15, 0.2) is 42.6 Å². The molecule has 128 valence electrons. The molecule has 1 spiro atoms. The highest BCUT2D eigenvalue weighted by atomic mass is 127. The lowest BCUT2D eigenvalue weighted by atomic mass is 10.1. The zero-order valence-electron chi connectivity index (χ0n) is 13.6. The van der Waals surface area contributed by atoms with Gasteiger partial charge in [0.1, 0.15) is 5.82 Å². The van der Waals surface area contributed by atoms with Gasteiger partial charge in [0.05, 0.1) is 37.7 Å². The van der Waals surface area contributed by atoms with Crippen molar-refractivity contribution in [2.75, 3.05) is 19.8 Å². The third-order valence-corrected chi connectivity index (χ3v) is 5.66. The van der Waals surface area contributed by atoms with Crippen molar-refractivity contribution < 1.29 is 9.47 Å². The normalized spacial score (nSPS) is 22.2. The average Bonchev–Trinajstić information content (AvgIpc) is 3.36. The van der Waals surface area contributed by atoms with Crippen molar-refractivity contribution in [3.63, 3.8) is 0 Å². The summed E-state index contributed by atoms with van der Waals surface area (Å²) in [5.74, 6) is 0.478. The van der Waals surface area contributed by atoms with Gasteiger partial charge in [-0.2, -0.15) is 0 Å². The first-order valence-electron chi connectivity index (χ1n) is 8.47. The summed E-state index contributed by atoms with van der Waals surface area (Å²) < 4.78 is 12.8. The Balaban J connectivity index is 1.42. The van der Waals surface area contributed by atoms with Crippen LogP contribution < -0.4 is 5.32 Å². The van der Waals surface area contributed by atoms with Gasteiger partial charge < -0.3 is 19.8 Å². The number of H-pyrrole nitrogens is 1. The van der Waals surface area contributed by atoms with E-state index in [0.29, 0.717) is 19.8 Å². The number of aromatic amines is 1. The van der Waals surface area contributed by atoms with Gasteiger partial charge in [-0.3, -0.25) is 0 Å². The van der Waals surface area contributed by atoms with Crippen molar-refractivity contribution in [1.82, 2.24) is 15.3 Å². The molecule has 0 unspecified atom stereocenters. The van der Waals surface area contributed by atoms with E-state index in [9.17, 15) is 0 Å². The van der Waals surface area contributed by atoms with Crippen LogP contribution in [0.1, 0.15) is 18.3 Å². The molecule has 0 bridgehead atoms. The summed E-state index contributed by atoms with van der Waals surface area (Å²) in [6.45, 7) is 2.06. The predicted molar refractivity (Wildman–Crippen MR) is 104 cm³/mol. The van der Waals surface area contributed by atoms with Crippen LogP contribution in [0.4, 0.5) is 0 Å². The molecular formula is C19H18IN3O2. The number of ether oxygens (including phenoxy) is 2. The molecule has 0 aliphatic carbocycles. The van der Waals surface area contributed by atoms with Crippen LogP contribution in [0, 0.1) is 3.57 Å². The van der Waals surface area contributed by atoms with Gasteiger partial charge in [-0.05, 0) is 51.6 Å². The van der Waals surface area contributed by atoms with Crippen LogP contribution in [-0.2, 0) is 9.47 Å². The Labute approximate surface area is 159 Å². The zero-order chi connectivity index (χ0) is 16.9. The van der Waals surface area contributed by atoms with E-state index in [2.05, 4.69) is 74.3 Å². The minimum Gasteiger partial charge on any atom is -0.346 e. The topological polar surface area (TPSA) is 59.2 Å². The fourth-order valence-corrected chi connectivity index (χ4v) is 4.20. The van der Waals surface area contributed by atoms with Crippen LogP contribution >= 0.6 is 22.6 Å². The molecule has 0 amide bonds. The second kappa shape index (κ2) is 6.05. The summed E-state index contributed by atoms with van der Waals surface area (Å²) >= 11 is 2.34. The molecule has 2 aliphatic rings. The van der Waals surface area contributed by atoms with Gasteiger partial charge in [-0.1, -0.05) is 18.2 Å². The van der Waals surface area contributed by atoms with Crippen LogP contribution in [-0.4, -0.2) is 35.5 Å². The van der Waals surface area contributed by atoms with E-state index in [1.165, 1.54) is 14.3 Å². The number of halogens is 1. The van der Waals surface area contributed by atoms with E-state index < -0.39 is 5.79 Å². The fraction of sp³-hybridized carbons (Fsp3) is 0.316. The number of hydrogen-bond donors (Lipinski definition) is 2. The maximum Gasteiger partial charge on any atom is 0.182 e. The molecule has 2 N–H and O–H groups in total. The average molecular weight is 447 g/mol. The second-order valence-electron chi connectivity index (χ2n) is 6.63. The molecule has 1 aromatic heterocycles. The number of aromatic nitrogens is 2. The third kappa shape index (κ3) is 2.87. The van der Waals surface area contributed by atoms with E-state index in [1.807, 2.05) is 6.20 Å². The summed E-state index contributed by atoms with van der Waals surface area (Å²) in [6, 6.07) is 13.1. The van der Waals surface area contributed by atoms with Crippen LogP contribution in [0.5, 0.6) is 0 Å². The number of rotatable bonds is 2. The lowest BCUT2D eigenvalue weighted by Gasteiger charge is -2.19. The molecule has 0 saturated carbocycles. The van der Waals surface area contributed by atoms with Gasteiger partial charge in [0, 0.05) is 15.6 Å². The van der Waals surface area contributed by atoms with Gasteiger partial charge >= 0.3 is 0 Å². The first-order valence-corrected chi connectivity index (χ1v) is 9.55. The van der Waals surface area contributed by atoms with Crippen molar-refractivity contribution in [3.05, 3.63) is 52.0 Å². The molecular weight excluding hydrogens is 429 g/mol. The summed E-state index contributed by atoms with van der Waals surface area (Å²) in [7, 11) is 0. The number of benzene rings is 2. The molecule has 2 aromatic carbocycles. The van der Waals surface area contributed by atoms with Crippen molar-refractivity contribution in [1.29, 1.82) is 0 Å². The van der Waals surface area contributed by atoms with Crippen LogP contribution in [0.3, 0.4) is 0 Å². The highest BCUT2D eigenvalue weighted by Crippen LogP contribution is 2.35. The Morgan fingerprint density at radius 3 is 2.76 bits per heavy atom. The highest BCUT2D eigenvalue weighted by Gasteiger charge is 2.45. The van der Waals surface area contributed by atoms with Crippen molar-refractivity contribution in [2.45, 2.75) is 18.2 Å². The SMILES string of the molecule is Ic1ccc2cc(-c3cnc([C@@H]4CC5(CN4)OCCO5)[nH]3)ccc2c1. The highest BCUT2D eigenvalue weighted by molar-refractivity contribution is 14.1. The third-order valence-electron chi connectivity index (χ3n) is 4.99. The first-order chi connectivity index (χ1) is 12.2. The minimum atomic E-state index is -0.461. The summed E-state index contributed by atoms with van der Waals surface area (Å²) in [5, 5.41) is 5.95. The van der Waals surface area contributed by atoms with Crippen molar-refractivity contribution in [2.24, 2.45) is 0 Å². The predicted octanol–water partition coefficient (Wildman–Crippen LogP) is 3.61. The van der Waals surface area contributed by atoms with E-state index >= 15 is 0 Å². The number of nitrogens with one attached hydrogen (secondary N) is 2. The standard InChI is InChI=1S/C19H18IN3O2/c20-15-4-3-12-7-14(2-1-13(12)8-15)17-10-21-18(23-17)16-9-19(11-22-16)24-5-6-25-19/h1-4,7-8,10,16,22H,5-6,9,11H2,(H,21,23)/t16-/m0/s1. The van der Waals surface area contributed by atoms with E-state index in [0.717, 1.165) is 23.5 Å². The second-order valence-corrected chi connectivity index (χ2v) is 7.88. The largest absolute Gasteiger partial charge is 0.346 e. The smallest absolute Gasteiger partial charge is 0.182 e. The van der Waals surface area contributed by atoms with E-state index in [-0.39, 0.29) is 6.04 Å². The van der Waals surface area contributed by atoms with Gasteiger partial charge in [-0.25, -0.2) is 4.98 Å². The van der Waals surface area contributed by atoms with Gasteiger partial charge in [0.15, 0.2) is 5.79 Å². The van der Waals surface area contributed by atoms with E-state index in [1.54, 1.807) is 0 Å². The molecule has 5 nitrogen and oxygen atoms in total. The molecule has 5 rings (SSSR count). The zero-order valence-corrected chi connectivity index (χ0v) is 15.7. The summed E-state index contributed by atoms with van der Waals surface area (Å²) in [4.78, 5) is 8.06. The molecule has 25 heavy (non-hydrogen) atoms. The van der Waals surface area contributed by atoms with Crippen LogP contribution in [0.25, 0.3) is 22.0 Å². The Kier molecular flexibility index (Phi) is 3.81.